The second kappa shape index (κ2) is 5.20. The highest BCUT2D eigenvalue weighted by Crippen LogP contribution is 2.29. The van der Waals surface area contributed by atoms with Gasteiger partial charge in [-0.3, -0.25) is 9.59 Å². The summed E-state index contributed by atoms with van der Waals surface area (Å²) in [7, 11) is 0. The van der Waals surface area contributed by atoms with Crippen molar-refractivity contribution < 1.29 is 4.79 Å². The van der Waals surface area contributed by atoms with E-state index in [4.69, 9.17) is 23.2 Å². The Morgan fingerprint density at radius 2 is 1.94 bits per heavy atom. The fourth-order valence-corrected chi connectivity index (χ4v) is 1.75. The van der Waals surface area contributed by atoms with Gasteiger partial charge in [-0.05, 0) is 12.1 Å². The number of carbonyl (C=O) groups excluding carboxylic acids is 1. The first-order valence-corrected chi connectivity index (χ1v) is 5.63. The molecule has 1 amide bonds. The van der Waals surface area contributed by atoms with Crippen LogP contribution in [0.15, 0.2) is 35.4 Å². The van der Waals surface area contributed by atoms with Crippen molar-refractivity contribution in [2.24, 2.45) is 0 Å². The van der Waals surface area contributed by atoms with Crippen LogP contribution in [0.25, 0.3) is 0 Å². The molecule has 0 aliphatic carbocycles. The highest BCUT2D eigenvalue weighted by molar-refractivity contribution is 6.39. The molecule has 2 N–H and O–H groups in total. The van der Waals surface area contributed by atoms with Crippen LogP contribution in [-0.4, -0.2) is 15.9 Å². The lowest BCUT2D eigenvalue weighted by Gasteiger charge is -2.08. The fraction of sp³-hybridized carbons (Fsp3) is 0. The maximum Gasteiger partial charge on any atom is 0.275 e. The molecule has 1 aromatic carbocycles. The summed E-state index contributed by atoms with van der Waals surface area (Å²) in [6.45, 7) is 0. The van der Waals surface area contributed by atoms with Crippen molar-refractivity contribution in [1.29, 1.82) is 0 Å². The zero-order valence-electron chi connectivity index (χ0n) is 8.91. The molecule has 0 saturated carbocycles. The number of aromatic amines is 1. The molecule has 0 atom stereocenters. The van der Waals surface area contributed by atoms with Crippen molar-refractivity contribution in [3.05, 3.63) is 56.7 Å². The lowest BCUT2D eigenvalue weighted by atomic mass is 10.3. The molecule has 1 aromatic heterocycles. The van der Waals surface area contributed by atoms with Crippen molar-refractivity contribution in [1.82, 2.24) is 9.97 Å². The summed E-state index contributed by atoms with van der Waals surface area (Å²) < 4.78 is 0. The Morgan fingerprint density at radius 3 is 2.50 bits per heavy atom. The third kappa shape index (κ3) is 2.69. The molecule has 7 heteroatoms. The van der Waals surface area contributed by atoms with Gasteiger partial charge in [0.25, 0.3) is 11.5 Å². The number of anilines is 1. The average Bonchev–Trinajstić information content (AvgIpc) is 2.34. The third-order valence-electron chi connectivity index (χ3n) is 2.11. The molecule has 0 bridgehead atoms. The number of aromatic nitrogens is 2. The highest BCUT2D eigenvalue weighted by atomic mass is 35.5. The number of nitrogens with one attached hydrogen (secondary N) is 2. The van der Waals surface area contributed by atoms with Gasteiger partial charge in [-0.1, -0.05) is 29.3 Å². The summed E-state index contributed by atoms with van der Waals surface area (Å²) in [6, 6.07) is 4.87. The van der Waals surface area contributed by atoms with Crippen LogP contribution >= 0.6 is 23.2 Å². The molecular weight excluding hydrogens is 277 g/mol. The third-order valence-corrected chi connectivity index (χ3v) is 2.74. The summed E-state index contributed by atoms with van der Waals surface area (Å²) in [5.41, 5.74) is -0.0215. The van der Waals surface area contributed by atoms with Crippen molar-refractivity contribution in [3.63, 3.8) is 0 Å². The zero-order chi connectivity index (χ0) is 13.1. The number of nitrogens with zero attached hydrogens (tertiary/aromatic N) is 1. The molecule has 0 fully saturated rings. The molecular formula is C11H7Cl2N3O2. The number of carbonyl (C=O) groups is 1. The standard InChI is InChI=1S/C11H7Cl2N3O2/c12-6-2-1-3-7(13)10(6)16-11(18)8-4-15-9(17)5-14-8/h1-5H,(H,15,17)(H,16,18). The smallest absolute Gasteiger partial charge is 0.275 e. The number of amides is 1. The monoisotopic (exact) mass is 283 g/mol. The minimum Gasteiger partial charge on any atom is -0.325 e. The van der Waals surface area contributed by atoms with Crippen molar-refractivity contribution in [2.45, 2.75) is 0 Å². The van der Waals surface area contributed by atoms with E-state index in [1.165, 1.54) is 6.20 Å². The number of hydrogen-bond donors (Lipinski definition) is 2. The summed E-state index contributed by atoms with van der Waals surface area (Å²) in [5, 5.41) is 3.17. The van der Waals surface area contributed by atoms with E-state index in [1.807, 2.05) is 0 Å². The van der Waals surface area contributed by atoms with Gasteiger partial charge >= 0.3 is 0 Å². The van der Waals surface area contributed by atoms with Crippen molar-refractivity contribution in [3.8, 4) is 0 Å². The van der Waals surface area contributed by atoms with Crippen LogP contribution in [0.2, 0.25) is 10.0 Å². The van der Waals surface area contributed by atoms with E-state index >= 15 is 0 Å². The van der Waals surface area contributed by atoms with Gasteiger partial charge in [-0.2, -0.15) is 0 Å². The quantitative estimate of drug-likeness (QED) is 0.888. The first kappa shape index (κ1) is 12.6. The molecule has 0 unspecified atom stereocenters. The first-order valence-electron chi connectivity index (χ1n) is 4.88. The molecule has 2 rings (SSSR count). The number of para-hydroxylation sites is 1. The molecule has 0 spiro atoms. The van der Waals surface area contributed by atoms with Crippen LogP contribution in [0, 0.1) is 0 Å². The molecule has 1 heterocycles. The molecule has 5 nitrogen and oxygen atoms in total. The Kier molecular flexibility index (Phi) is 3.64. The van der Waals surface area contributed by atoms with Gasteiger partial charge in [0, 0.05) is 6.20 Å². The number of benzene rings is 1. The largest absolute Gasteiger partial charge is 0.325 e. The van der Waals surface area contributed by atoms with E-state index in [-0.39, 0.29) is 11.3 Å². The molecule has 0 aliphatic heterocycles. The molecule has 2 aromatic rings. The topological polar surface area (TPSA) is 74.8 Å². The Labute approximate surface area is 112 Å². The van der Waals surface area contributed by atoms with Gasteiger partial charge in [0.2, 0.25) is 0 Å². The summed E-state index contributed by atoms with van der Waals surface area (Å²) >= 11 is 11.8. The van der Waals surface area contributed by atoms with Crippen molar-refractivity contribution in [2.75, 3.05) is 5.32 Å². The SMILES string of the molecule is O=C(Nc1c(Cl)cccc1Cl)c1c[nH]c(=O)cn1. The predicted octanol–water partition coefficient (Wildman–Crippen LogP) is 2.33. The number of H-pyrrole nitrogens is 1. The lowest BCUT2D eigenvalue weighted by Crippen LogP contribution is -2.17. The van der Waals surface area contributed by atoms with Crippen LogP contribution < -0.4 is 10.9 Å². The Balaban J connectivity index is 2.27. The molecule has 0 radical (unpaired) electrons. The molecule has 92 valence electrons. The maximum absolute atomic E-state index is 11.8. The van der Waals surface area contributed by atoms with Crippen molar-refractivity contribution >= 4 is 34.8 Å². The van der Waals surface area contributed by atoms with E-state index in [2.05, 4.69) is 15.3 Å². The minimum absolute atomic E-state index is 0.0607. The predicted molar refractivity (Wildman–Crippen MR) is 69.3 cm³/mol. The van der Waals surface area contributed by atoms with Crippen LogP contribution in [0.4, 0.5) is 5.69 Å². The van der Waals surface area contributed by atoms with E-state index in [0.29, 0.717) is 15.7 Å². The van der Waals surface area contributed by atoms with Gasteiger partial charge in [-0.25, -0.2) is 4.98 Å². The number of rotatable bonds is 2. The molecule has 0 saturated heterocycles. The minimum atomic E-state index is -0.513. The fourth-order valence-electron chi connectivity index (χ4n) is 1.26. The maximum atomic E-state index is 11.8. The normalized spacial score (nSPS) is 10.1. The van der Waals surface area contributed by atoms with E-state index in [1.54, 1.807) is 18.2 Å². The first-order chi connectivity index (χ1) is 8.58. The van der Waals surface area contributed by atoms with Gasteiger partial charge in [-0.15, -0.1) is 0 Å². The van der Waals surface area contributed by atoms with Crippen LogP contribution in [0.5, 0.6) is 0 Å². The Morgan fingerprint density at radius 1 is 1.28 bits per heavy atom. The van der Waals surface area contributed by atoms with Crippen LogP contribution in [0.1, 0.15) is 10.5 Å². The second-order valence-electron chi connectivity index (χ2n) is 3.35. The number of halogens is 2. The summed E-state index contributed by atoms with van der Waals surface area (Å²) in [5.74, 6) is -0.513. The number of hydrogen-bond acceptors (Lipinski definition) is 3. The summed E-state index contributed by atoms with van der Waals surface area (Å²) in [4.78, 5) is 28.7. The second-order valence-corrected chi connectivity index (χ2v) is 4.16. The van der Waals surface area contributed by atoms with E-state index < -0.39 is 5.91 Å². The van der Waals surface area contributed by atoms with Gasteiger partial charge in [0.1, 0.15) is 5.69 Å². The van der Waals surface area contributed by atoms with Crippen LogP contribution in [0.3, 0.4) is 0 Å². The Hall–Kier alpha value is -1.85. The zero-order valence-corrected chi connectivity index (χ0v) is 10.4. The van der Waals surface area contributed by atoms with Gasteiger partial charge in [0.05, 0.1) is 21.9 Å². The average molecular weight is 284 g/mol. The highest BCUT2D eigenvalue weighted by Gasteiger charge is 2.12. The van der Waals surface area contributed by atoms with E-state index in [0.717, 1.165) is 6.20 Å². The Bertz CT molecular complexity index is 614. The molecule has 18 heavy (non-hydrogen) atoms. The van der Waals surface area contributed by atoms with E-state index in [9.17, 15) is 9.59 Å². The molecule has 0 aliphatic rings. The van der Waals surface area contributed by atoms with Gasteiger partial charge < -0.3 is 10.3 Å². The van der Waals surface area contributed by atoms with Crippen LogP contribution in [-0.2, 0) is 0 Å². The lowest BCUT2D eigenvalue weighted by molar-refractivity contribution is 0.102. The van der Waals surface area contributed by atoms with Gasteiger partial charge in [0.15, 0.2) is 0 Å². The summed E-state index contributed by atoms with van der Waals surface area (Å²) in [6.07, 6.45) is 2.23.